The standard InChI is InChI=1S/C7H15N3/c1-6(2)10-5-7(8)4-9-3/h4-6,9H,8H2,1-3H3/b7-4+,10-5-. The molecule has 0 unspecified atom stereocenters. The third kappa shape index (κ3) is 5.15. The second kappa shape index (κ2) is 4.85. The van der Waals surface area contributed by atoms with E-state index in [1.807, 2.05) is 13.8 Å². The van der Waals surface area contributed by atoms with Crippen LogP contribution in [0.15, 0.2) is 16.9 Å². The molecule has 3 nitrogen and oxygen atoms in total. The Hall–Kier alpha value is -0.990. The molecule has 3 heteroatoms. The fourth-order valence-electron chi connectivity index (χ4n) is 0.439. The minimum atomic E-state index is 0.309. The number of allylic oxidation sites excluding steroid dienone is 1. The Morgan fingerprint density at radius 3 is 2.60 bits per heavy atom. The van der Waals surface area contributed by atoms with Crippen LogP contribution < -0.4 is 11.1 Å². The Bertz CT molecular complexity index is 136. The van der Waals surface area contributed by atoms with E-state index in [0.29, 0.717) is 11.7 Å². The molecule has 0 amide bonds. The number of nitrogens with one attached hydrogen (secondary N) is 1. The molecule has 0 radical (unpaired) electrons. The van der Waals surface area contributed by atoms with Gasteiger partial charge in [0.05, 0.1) is 5.70 Å². The van der Waals surface area contributed by atoms with Gasteiger partial charge in [-0.15, -0.1) is 0 Å². The Morgan fingerprint density at radius 1 is 1.60 bits per heavy atom. The fraction of sp³-hybridized carbons (Fsp3) is 0.571. The highest BCUT2D eigenvalue weighted by Gasteiger charge is 1.84. The summed E-state index contributed by atoms with van der Waals surface area (Å²) in [7, 11) is 1.80. The largest absolute Gasteiger partial charge is 0.396 e. The van der Waals surface area contributed by atoms with E-state index in [2.05, 4.69) is 10.3 Å². The number of nitrogens with two attached hydrogens (primary N) is 1. The maximum absolute atomic E-state index is 5.48. The van der Waals surface area contributed by atoms with Crippen LogP contribution in [0.4, 0.5) is 0 Å². The third-order valence-corrected chi connectivity index (χ3v) is 0.833. The zero-order valence-electron chi connectivity index (χ0n) is 6.76. The van der Waals surface area contributed by atoms with Crippen molar-refractivity contribution in [1.29, 1.82) is 0 Å². The Morgan fingerprint density at radius 2 is 2.20 bits per heavy atom. The summed E-state index contributed by atoms with van der Waals surface area (Å²) in [4.78, 5) is 4.08. The summed E-state index contributed by atoms with van der Waals surface area (Å²) in [5.74, 6) is 0. The first-order chi connectivity index (χ1) is 4.66. The highest BCUT2D eigenvalue weighted by atomic mass is 14.8. The van der Waals surface area contributed by atoms with Gasteiger partial charge in [0.15, 0.2) is 0 Å². The van der Waals surface area contributed by atoms with E-state index in [9.17, 15) is 0 Å². The van der Waals surface area contributed by atoms with Crippen molar-refractivity contribution in [2.75, 3.05) is 7.05 Å². The van der Waals surface area contributed by atoms with E-state index in [0.717, 1.165) is 0 Å². The molecule has 0 aliphatic rings. The van der Waals surface area contributed by atoms with E-state index in [4.69, 9.17) is 5.73 Å². The van der Waals surface area contributed by atoms with Crippen molar-refractivity contribution in [1.82, 2.24) is 5.32 Å². The maximum Gasteiger partial charge on any atom is 0.0655 e. The summed E-state index contributed by atoms with van der Waals surface area (Å²) in [5, 5.41) is 2.81. The summed E-state index contributed by atoms with van der Waals surface area (Å²) in [6.07, 6.45) is 3.35. The highest BCUT2D eigenvalue weighted by molar-refractivity contribution is 5.77. The summed E-state index contributed by atoms with van der Waals surface area (Å²) in [6.45, 7) is 4.01. The lowest BCUT2D eigenvalue weighted by molar-refractivity contribution is 0.840. The SMILES string of the molecule is CN/C=C(N)\C=N/C(C)C. The molecule has 10 heavy (non-hydrogen) atoms. The molecule has 0 saturated carbocycles. The van der Waals surface area contributed by atoms with Gasteiger partial charge in [0.2, 0.25) is 0 Å². The van der Waals surface area contributed by atoms with Crippen LogP contribution >= 0.6 is 0 Å². The monoisotopic (exact) mass is 141 g/mol. The summed E-state index contributed by atoms with van der Waals surface area (Å²) >= 11 is 0. The maximum atomic E-state index is 5.48. The first-order valence-corrected chi connectivity index (χ1v) is 3.33. The minimum Gasteiger partial charge on any atom is -0.396 e. The second-order valence-electron chi connectivity index (χ2n) is 2.30. The van der Waals surface area contributed by atoms with E-state index in [-0.39, 0.29) is 0 Å². The average molecular weight is 141 g/mol. The predicted molar refractivity (Wildman–Crippen MR) is 45.0 cm³/mol. The van der Waals surface area contributed by atoms with Gasteiger partial charge in [0, 0.05) is 25.5 Å². The van der Waals surface area contributed by atoms with E-state index in [1.165, 1.54) is 0 Å². The Balaban J connectivity index is 3.77. The second-order valence-corrected chi connectivity index (χ2v) is 2.30. The van der Waals surface area contributed by atoms with Crippen molar-refractivity contribution in [3.05, 3.63) is 11.9 Å². The topological polar surface area (TPSA) is 50.4 Å². The fourth-order valence-corrected chi connectivity index (χ4v) is 0.439. The van der Waals surface area contributed by atoms with Crippen LogP contribution in [0.2, 0.25) is 0 Å². The molecule has 0 spiro atoms. The number of hydrogen-bond donors (Lipinski definition) is 2. The van der Waals surface area contributed by atoms with Crippen molar-refractivity contribution in [2.45, 2.75) is 19.9 Å². The van der Waals surface area contributed by atoms with Crippen LogP contribution in [-0.4, -0.2) is 19.3 Å². The van der Waals surface area contributed by atoms with Gasteiger partial charge in [-0.2, -0.15) is 0 Å². The number of nitrogens with zero attached hydrogens (tertiary/aromatic N) is 1. The van der Waals surface area contributed by atoms with Crippen molar-refractivity contribution < 1.29 is 0 Å². The molecule has 0 saturated heterocycles. The molecular formula is C7H15N3. The lowest BCUT2D eigenvalue weighted by Crippen LogP contribution is -2.06. The quantitative estimate of drug-likeness (QED) is 0.562. The third-order valence-electron chi connectivity index (χ3n) is 0.833. The van der Waals surface area contributed by atoms with Crippen LogP contribution in [0, 0.1) is 0 Å². The molecule has 0 aliphatic carbocycles. The van der Waals surface area contributed by atoms with Gasteiger partial charge in [0.25, 0.3) is 0 Å². The van der Waals surface area contributed by atoms with Crippen LogP contribution in [0.3, 0.4) is 0 Å². The van der Waals surface area contributed by atoms with Crippen LogP contribution in [-0.2, 0) is 0 Å². The van der Waals surface area contributed by atoms with Gasteiger partial charge >= 0.3 is 0 Å². The minimum absolute atomic E-state index is 0.309. The molecule has 0 aromatic rings. The molecular weight excluding hydrogens is 126 g/mol. The molecule has 0 rings (SSSR count). The lowest BCUT2D eigenvalue weighted by atomic mass is 10.4. The molecule has 0 bridgehead atoms. The predicted octanol–water partition coefficient (Wildman–Crippen LogP) is 0.485. The van der Waals surface area contributed by atoms with Crippen molar-refractivity contribution in [3.8, 4) is 0 Å². The smallest absolute Gasteiger partial charge is 0.0655 e. The summed E-state index contributed by atoms with van der Waals surface area (Å²) in [6, 6.07) is 0.309. The molecule has 58 valence electrons. The normalized spacial score (nSPS) is 13.0. The molecule has 0 atom stereocenters. The van der Waals surface area contributed by atoms with Gasteiger partial charge in [-0.25, -0.2) is 0 Å². The number of hydrogen-bond acceptors (Lipinski definition) is 3. The van der Waals surface area contributed by atoms with Crippen LogP contribution in [0.25, 0.3) is 0 Å². The Labute approximate surface area is 62.0 Å². The zero-order valence-corrected chi connectivity index (χ0v) is 6.76. The van der Waals surface area contributed by atoms with Crippen LogP contribution in [0.5, 0.6) is 0 Å². The first-order valence-electron chi connectivity index (χ1n) is 3.33. The first kappa shape index (κ1) is 9.01. The van der Waals surface area contributed by atoms with Gasteiger partial charge < -0.3 is 11.1 Å². The van der Waals surface area contributed by atoms with Gasteiger partial charge in [-0.05, 0) is 13.8 Å². The molecule has 0 aromatic heterocycles. The van der Waals surface area contributed by atoms with Crippen molar-refractivity contribution in [3.63, 3.8) is 0 Å². The van der Waals surface area contributed by atoms with Crippen LogP contribution in [0.1, 0.15) is 13.8 Å². The van der Waals surface area contributed by atoms with E-state index >= 15 is 0 Å². The van der Waals surface area contributed by atoms with Gasteiger partial charge in [0.1, 0.15) is 0 Å². The number of aliphatic imine (C=N–C) groups is 1. The van der Waals surface area contributed by atoms with Crippen molar-refractivity contribution in [2.24, 2.45) is 10.7 Å². The van der Waals surface area contributed by atoms with Gasteiger partial charge in [-0.1, -0.05) is 0 Å². The zero-order chi connectivity index (χ0) is 7.98. The summed E-state index contributed by atoms with van der Waals surface area (Å²) in [5.41, 5.74) is 6.13. The van der Waals surface area contributed by atoms with Crippen molar-refractivity contribution >= 4 is 6.21 Å². The highest BCUT2D eigenvalue weighted by Crippen LogP contribution is 1.84. The number of rotatable bonds is 3. The molecule has 0 aromatic carbocycles. The molecule has 0 aliphatic heterocycles. The Kier molecular flexibility index (Phi) is 4.37. The average Bonchev–Trinajstić information content (AvgIpc) is 1.85. The molecule has 3 N–H and O–H groups in total. The lowest BCUT2D eigenvalue weighted by Gasteiger charge is -1.95. The molecule has 0 fully saturated rings. The van der Waals surface area contributed by atoms with E-state index < -0.39 is 0 Å². The molecule has 0 heterocycles. The van der Waals surface area contributed by atoms with Gasteiger partial charge in [-0.3, -0.25) is 4.99 Å². The summed E-state index contributed by atoms with van der Waals surface area (Å²) < 4.78 is 0. The van der Waals surface area contributed by atoms with E-state index in [1.54, 1.807) is 19.5 Å².